The molecule has 1 amide bonds. The standard InChI is InChI=1S/C19H16Cl3NO3/c20-15-3-1-2-13(10-15)4-7-19(25)26-12-18(24)23-9-8-14-5-6-16(21)11-17(14)22/h1-7,10-11H,8-9,12H2,(H,23,24). The Hall–Kier alpha value is -2.01. The second-order valence-corrected chi connectivity index (χ2v) is 6.61. The zero-order valence-electron chi connectivity index (χ0n) is 13.7. The van der Waals surface area contributed by atoms with E-state index >= 15 is 0 Å². The molecule has 0 unspecified atom stereocenters. The maximum absolute atomic E-state index is 11.7. The number of carbonyl (C=O) groups excluding carboxylic acids is 2. The zero-order valence-corrected chi connectivity index (χ0v) is 15.9. The fourth-order valence-electron chi connectivity index (χ4n) is 2.07. The van der Waals surface area contributed by atoms with Crippen LogP contribution in [0.5, 0.6) is 0 Å². The van der Waals surface area contributed by atoms with Gasteiger partial charge in [-0.1, -0.05) is 53.0 Å². The van der Waals surface area contributed by atoms with Gasteiger partial charge in [0.05, 0.1) is 0 Å². The summed E-state index contributed by atoms with van der Waals surface area (Å²) in [5.74, 6) is -1.000. The lowest BCUT2D eigenvalue weighted by Crippen LogP contribution is -2.30. The summed E-state index contributed by atoms with van der Waals surface area (Å²) in [7, 11) is 0. The van der Waals surface area contributed by atoms with E-state index < -0.39 is 5.97 Å². The third-order valence-electron chi connectivity index (χ3n) is 3.34. The molecule has 0 saturated carbocycles. The first kappa shape index (κ1) is 20.3. The SMILES string of the molecule is O=C(COC(=O)C=Cc1cccc(Cl)c1)NCCc1ccc(Cl)cc1Cl. The Kier molecular flexibility index (Phi) is 7.98. The number of esters is 1. The van der Waals surface area contributed by atoms with Crippen molar-refractivity contribution in [2.45, 2.75) is 6.42 Å². The maximum Gasteiger partial charge on any atom is 0.331 e. The van der Waals surface area contributed by atoms with Crippen LogP contribution in [-0.4, -0.2) is 25.0 Å². The minimum absolute atomic E-state index is 0.354. The van der Waals surface area contributed by atoms with Gasteiger partial charge in [-0.05, 0) is 47.9 Å². The number of hydrogen-bond acceptors (Lipinski definition) is 3. The second kappa shape index (κ2) is 10.2. The molecule has 0 radical (unpaired) electrons. The molecule has 0 bridgehead atoms. The lowest BCUT2D eigenvalue weighted by atomic mass is 10.1. The Morgan fingerprint density at radius 2 is 1.81 bits per heavy atom. The summed E-state index contributed by atoms with van der Waals surface area (Å²) in [4.78, 5) is 23.3. The molecular weight excluding hydrogens is 397 g/mol. The van der Waals surface area contributed by atoms with Crippen LogP contribution >= 0.6 is 34.8 Å². The lowest BCUT2D eigenvalue weighted by molar-refractivity contribution is -0.143. The summed E-state index contributed by atoms with van der Waals surface area (Å²) in [6, 6.07) is 12.2. The molecule has 0 aliphatic rings. The highest BCUT2D eigenvalue weighted by Gasteiger charge is 2.06. The van der Waals surface area contributed by atoms with Gasteiger partial charge in [0.15, 0.2) is 6.61 Å². The van der Waals surface area contributed by atoms with Gasteiger partial charge in [0.2, 0.25) is 0 Å². The molecule has 0 aromatic heterocycles. The number of benzene rings is 2. The van der Waals surface area contributed by atoms with Crippen LogP contribution in [0.25, 0.3) is 6.08 Å². The number of amides is 1. The average Bonchev–Trinajstić information content (AvgIpc) is 2.60. The van der Waals surface area contributed by atoms with Gasteiger partial charge >= 0.3 is 5.97 Å². The van der Waals surface area contributed by atoms with Crippen molar-refractivity contribution in [3.8, 4) is 0 Å². The van der Waals surface area contributed by atoms with Crippen molar-refractivity contribution in [2.24, 2.45) is 0 Å². The highest BCUT2D eigenvalue weighted by atomic mass is 35.5. The molecule has 0 atom stereocenters. The molecule has 26 heavy (non-hydrogen) atoms. The van der Waals surface area contributed by atoms with Crippen molar-refractivity contribution >= 4 is 52.8 Å². The van der Waals surface area contributed by atoms with Crippen LogP contribution in [0.4, 0.5) is 0 Å². The summed E-state index contributed by atoms with van der Waals surface area (Å²) in [6.45, 7) is 0.0170. The minimum atomic E-state index is -0.610. The van der Waals surface area contributed by atoms with Crippen molar-refractivity contribution in [1.82, 2.24) is 5.32 Å². The van der Waals surface area contributed by atoms with Crippen LogP contribution in [0.1, 0.15) is 11.1 Å². The first-order valence-electron chi connectivity index (χ1n) is 7.75. The Labute approximate surface area is 166 Å². The van der Waals surface area contributed by atoms with Crippen LogP contribution in [-0.2, 0) is 20.7 Å². The average molecular weight is 413 g/mol. The first-order valence-corrected chi connectivity index (χ1v) is 8.88. The van der Waals surface area contributed by atoms with E-state index in [0.29, 0.717) is 28.0 Å². The van der Waals surface area contributed by atoms with Gasteiger partial charge in [-0.2, -0.15) is 0 Å². The quantitative estimate of drug-likeness (QED) is 0.536. The van der Waals surface area contributed by atoms with E-state index in [1.165, 1.54) is 6.08 Å². The molecule has 0 aliphatic carbocycles. The van der Waals surface area contributed by atoms with Crippen LogP contribution in [0, 0.1) is 0 Å². The summed E-state index contributed by atoms with van der Waals surface area (Å²) < 4.78 is 4.88. The van der Waals surface area contributed by atoms with Crippen LogP contribution in [0.15, 0.2) is 48.5 Å². The van der Waals surface area contributed by atoms with Crippen molar-refractivity contribution < 1.29 is 14.3 Å². The van der Waals surface area contributed by atoms with Crippen molar-refractivity contribution in [2.75, 3.05) is 13.2 Å². The Morgan fingerprint density at radius 1 is 1.04 bits per heavy atom. The number of rotatable bonds is 7. The molecule has 0 saturated heterocycles. The maximum atomic E-state index is 11.7. The van der Waals surface area contributed by atoms with Gasteiger partial charge in [0, 0.05) is 27.7 Å². The van der Waals surface area contributed by atoms with Gasteiger partial charge in [-0.25, -0.2) is 4.79 Å². The van der Waals surface area contributed by atoms with E-state index in [1.54, 1.807) is 48.5 Å². The largest absolute Gasteiger partial charge is 0.452 e. The molecule has 0 aliphatic heterocycles. The molecule has 0 fully saturated rings. The van der Waals surface area contributed by atoms with Gasteiger partial charge in [0.25, 0.3) is 5.91 Å². The van der Waals surface area contributed by atoms with E-state index in [1.807, 2.05) is 0 Å². The molecule has 2 rings (SSSR count). The molecule has 4 nitrogen and oxygen atoms in total. The van der Waals surface area contributed by atoms with Crippen molar-refractivity contribution in [3.05, 3.63) is 74.7 Å². The van der Waals surface area contributed by atoms with Crippen LogP contribution < -0.4 is 5.32 Å². The summed E-state index contributed by atoms with van der Waals surface area (Å²) in [6.07, 6.45) is 3.35. The number of halogens is 3. The molecule has 0 spiro atoms. The summed E-state index contributed by atoms with van der Waals surface area (Å²) in [5, 5.41) is 4.33. The van der Waals surface area contributed by atoms with E-state index in [9.17, 15) is 9.59 Å². The first-order chi connectivity index (χ1) is 12.4. The van der Waals surface area contributed by atoms with Gasteiger partial charge in [0.1, 0.15) is 0 Å². The highest BCUT2D eigenvalue weighted by molar-refractivity contribution is 6.35. The zero-order chi connectivity index (χ0) is 18.9. The number of ether oxygens (including phenoxy) is 1. The predicted molar refractivity (Wildman–Crippen MR) is 105 cm³/mol. The smallest absolute Gasteiger partial charge is 0.331 e. The van der Waals surface area contributed by atoms with Crippen LogP contribution in [0.2, 0.25) is 15.1 Å². The van der Waals surface area contributed by atoms with Crippen LogP contribution in [0.3, 0.4) is 0 Å². The highest BCUT2D eigenvalue weighted by Crippen LogP contribution is 2.21. The Morgan fingerprint density at radius 3 is 2.54 bits per heavy atom. The molecule has 0 heterocycles. The van der Waals surface area contributed by atoms with Gasteiger partial charge in [-0.15, -0.1) is 0 Å². The second-order valence-electron chi connectivity index (χ2n) is 5.33. The Balaban J connectivity index is 1.70. The third-order valence-corrected chi connectivity index (χ3v) is 4.16. The van der Waals surface area contributed by atoms with Crippen molar-refractivity contribution in [3.63, 3.8) is 0 Å². The molecule has 2 aromatic rings. The fourth-order valence-corrected chi connectivity index (χ4v) is 2.77. The Bertz CT molecular complexity index is 821. The lowest BCUT2D eigenvalue weighted by Gasteiger charge is -2.07. The van der Waals surface area contributed by atoms with Gasteiger partial charge < -0.3 is 10.1 Å². The van der Waals surface area contributed by atoms with E-state index in [0.717, 1.165) is 11.1 Å². The topological polar surface area (TPSA) is 55.4 Å². The van der Waals surface area contributed by atoms with E-state index in [2.05, 4.69) is 5.32 Å². The number of nitrogens with one attached hydrogen (secondary N) is 1. The monoisotopic (exact) mass is 411 g/mol. The van der Waals surface area contributed by atoms with Crippen molar-refractivity contribution in [1.29, 1.82) is 0 Å². The van der Waals surface area contributed by atoms with E-state index in [-0.39, 0.29) is 12.5 Å². The summed E-state index contributed by atoms with van der Waals surface area (Å²) >= 11 is 17.7. The minimum Gasteiger partial charge on any atom is -0.452 e. The summed E-state index contributed by atoms with van der Waals surface area (Å²) in [5.41, 5.74) is 1.64. The number of hydrogen-bond donors (Lipinski definition) is 1. The molecule has 1 N–H and O–H groups in total. The fraction of sp³-hybridized carbons (Fsp3) is 0.158. The van der Waals surface area contributed by atoms with E-state index in [4.69, 9.17) is 39.5 Å². The number of carbonyl (C=O) groups is 2. The predicted octanol–water partition coefficient (Wildman–Crippen LogP) is 4.56. The molecule has 7 heteroatoms. The molecule has 136 valence electrons. The molecular formula is C19H16Cl3NO3. The molecule has 2 aromatic carbocycles. The third kappa shape index (κ3) is 7.08. The van der Waals surface area contributed by atoms with Gasteiger partial charge in [-0.3, -0.25) is 4.79 Å². The normalized spacial score (nSPS) is 10.7.